The fraction of sp³-hybridized carbons (Fsp3) is 0.600. The predicted octanol–water partition coefficient (Wildman–Crippen LogP) is 1.93. The molecule has 2 rings (SSSR count). The molecular weight excluding hydrogens is 270 g/mol. The van der Waals surface area contributed by atoms with E-state index in [1.165, 1.54) is 6.42 Å². The van der Waals surface area contributed by atoms with Crippen molar-refractivity contribution in [2.24, 2.45) is 11.7 Å². The average Bonchev–Trinajstić information content (AvgIpc) is 2.38. The summed E-state index contributed by atoms with van der Waals surface area (Å²) in [5, 5.41) is 9.14. The maximum absolute atomic E-state index is 9.14. The van der Waals surface area contributed by atoms with Gasteiger partial charge in [-0.2, -0.15) is 0 Å². The van der Waals surface area contributed by atoms with E-state index in [0.717, 1.165) is 48.6 Å². The summed E-state index contributed by atoms with van der Waals surface area (Å²) in [4.78, 5) is 7.23. The molecule has 0 aromatic carbocycles. The van der Waals surface area contributed by atoms with E-state index < -0.39 is 0 Å². The van der Waals surface area contributed by atoms with E-state index in [9.17, 15) is 0 Å². The number of hydrogen-bond acceptors (Lipinski definition) is 4. The van der Waals surface area contributed by atoms with Crippen molar-refractivity contribution in [1.82, 2.24) is 4.98 Å². The molecule has 1 unspecified atom stereocenters. The van der Waals surface area contributed by atoms with Crippen LogP contribution in [0.2, 0.25) is 0 Å². The summed E-state index contributed by atoms with van der Waals surface area (Å²) >= 11 is 5.20. The van der Waals surface area contributed by atoms with E-state index in [1.54, 1.807) is 0 Å². The van der Waals surface area contributed by atoms with Crippen molar-refractivity contribution in [3.8, 4) is 0 Å². The lowest BCUT2D eigenvalue weighted by molar-refractivity contribution is 0.244. The topological polar surface area (TPSA) is 62.4 Å². The molecule has 0 aliphatic carbocycles. The van der Waals surface area contributed by atoms with Gasteiger partial charge >= 0.3 is 0 Å². The minimum absolute atomic E-state index is 0.259. The highest BCUT2D eigenvalue weighted by atomic mass is 32.1. The Morgan fingerprint density at radius 1 is 1.55 bits per heavy atom. The van der Waals surface area contributed by atoms with Crippen LogP contribution in [-0.4, -0.2) is 34.8 Å². The highest BCUT2D eigenvalue weighted by Crippen LogP contribution is 2.29. The van der Waals surface area contributed by atoms with Crippen molar-refractivity contribution in [1.29, 1.82) is 0 Å². The van der Waals surface area contributed by atoms with Crippen LogP contribution in [0.4, 0.5) is 5.69 Å². The molecule has 0 radical (unpaired) electrons. The average molecular weight is 293 g/mol. The van der Waals surface area contributed by atoms with Crippen LogP contribution in [0, 0.1) is 19.8 Å². The molecule has 0 saturated carbocycles. The number of anilines is 1. The Hall–Kier alpha value is -1.20. The van der Waals surface area contributed by atoms with Gasteiger partial charge in [-0.05, 0) is 45.1 Å². The van der Waals surface area contributed by atoms with Gasteiger partial charge in [-0.25, -0.2) is 0 Å². The number of aliphatic hydroxyl groups excluding tert-OH is 1. The lowest BCUT2D eigenvalue weighted by atomic mass is 9.94. The Bertz CT molecular complexity index is 502. The van der Waals surface area contributed by atoms with Gasteiger partial charge < -0.3 is 15.7 Å². The third kappa shape index (κ3) is 3.27. The second kappa shape index (κ2) is 6.50. The first kappa shape index (κ1) is 15.2. The molecule has 3 N–H and O–H groups in total. The molecule has 1 atom stereocenters. The van der Waals surface area contributed by atoms with Crippen LogP contribution in [0.15, 0.2) is 6.07 Å². The number of pyridine rings is 1. The quantitative estimate of drug-likeness (QED) is 0.831. The summed E-state index contributed by atoms with van der Waals surface area (Å²) in [6, 6.07) is 2.07. The Morgan fingerprint density at radius 2 is 2.30 bits per heavy atom. The first-order valence-electron chi connectivity index (χ1n) is 7.16. The Labute approximate surface area is 126 Å². The number of aliphatic hydroxyl groups is 1. The smallest absolute Gasteiger partial charge is 0.107 e. The molecule has 20 heavy (non-hydrogen) atoms. The van der Waals surface area contributed by atoms with Gasteiger partial charge in [0.2, 0.25) is 0 Å². The standard InChI is InChI=1S/C15H23N3OS/c1-10-8-13(14(15(16)20)11(2)17-10)18-6-3-4-12(9-18)5-7-19/h8,12,19H,3-7,9H2,1-2H3,(H2,16,20). The van der Waals surface area contributed by atoms with Gasteiger partial charge in [-0.3, -0.25) is 4.98 Å². The van der Waals surface area contributed by atoms with Crippen LogP contribution in [0.1, 0.15) is 36.2 Å². The summed E-state index contributed by atoms with van der Waals surface area (Å²) in [6.07, 6.45) is 3.19. The molecular formula is C15H23N3OS. The second-order valence-electron chi connectivity index (χ2n) is 5.57. The molecule has 1 aliphatic heterocycles. The Balaban J connectivity index is 2.33. The van der Waals surface area contributed by atoms with Crippen molar-refractivity contribution in [2.75, 3.05) is 24.6 Å². The van der Waals surface area contributed by atoms with Crippen molar-refractivity contribution in [2.45, 2.75) is 33.1 Å². The first-order chi connectivity index (χ1) is 9.52. The largest absolute Gasteiger partial charge is 0.396 e. The predicted molar refractivity (Wildman–Crippen MR) is 86.2 cm³/mol. The highest BCUT2D eigenvalue weighted by Gasteiger charge is 2.23. The van der Waals surface area contributed by atoms with Gasteiger partial charge in [0.25, 0.3) is 0 Å². The molecule has 0 amide bonds. The molecule has 110 valence electrons. The monoisotopic (exact) mass is 293 g/mol. The number of aryl methyl sites for hydroxylation is 2. The molecule has 1 aromatic rings. The molecule has 0 spiro atoms. The summed E-state index contributed by atoms with van der Waals surface area (Å²) < 4.78 is 0. The van der Waals surface area contributed by atoms with Gasteiger partial charge in [0.05, 0.1) is 11.3 Å². The summed E-state index contributed by atoms with van der Waals surface area (Å²) in [7, 11) is 0. The molecule has 0 bridgehead atoms. The fourth-order valence-corrected chi connectivity index (χ4v) is 3.32. The fourth-order valence-electron chi connectivity index (χ4n) is 3.06. The minimum atomic E-state index is 0.259. The van der Waals surface area contributed by atoms with Crippen LogP contribution in [0.3, 0.4) is 0 Å². The number of aromatic nitrogens is 1. The normalized spacial score (nSPS) is 19.1. The zero-order chi connectivity index (χ0) is 14.7. The maximum Gasteiger partial charge on any atom is 0.107 e. The van der Waals surface area contributed by atoms with Crippen LogP contribution >= 0.6 is 12.2 Å². The molecule has 1 saturated heterocycles. The van der Waals surface area contributed by atoms with Gasteiger partial charge in [0, 0.05) is 31.1 Å². The molecule has 2 heterocycles. The van der Waals surface area contributed by atoms with E-state index in [1.807, 2.05) is 13.8 Å². The van der Waals surface area contributed by atoms with Gasteiger partial charge in [-0.1, -0.05) is 12.2 Å². The van der Waals surface area contributed by atoms with Crippen molar-refractivity contribution >= 4 is 22.9 Å². The van der Waals surface area contributed by atoms with E-state index >= 15 is 0 Å². The lowest BCUT2D eigenvalue weighted by Crippen LogP contribution is -2.37. The number of rotatable bonds is 4. The lowest BCUT2D eigenvalue weighted by Gasteiger charge is -2.35. The van der Waals surface area contributed by atoms with Crippen molar-refractivity contribution < 1.29 is 5.11 Å². The zero-order valence-electron chi connectivity index (χ0n) is 12.2. The van der Waals surface area contributed by atoms with Gasteiger partial charge in [0.15, 0.2) is 0 Å². The Kier molecular flexibility index (Phi) is 4.94. The molecule has 1 fully saturated rings. The third-order valence-electron chi connectivity index (χ3n) is 3.95. The van der Waals surface area contributed by atoms with E-state index in [-0.39, 0.29) is 6.61 Å². The second-order valence-corrected chi connectivity index (χ2v) is 6.01. The zero-order valence-corrected chi connectivity index (χ0v) is 13.0. The van der Waals surface area contributed by atoms with Crippen LogP contribution in [0.5, 0.6) is 0 Å². The minimum Gasteiger partial charge on any atom is -0.396 e. The SMILES string of the molecule is Cc1cc(N2CCCC(CCO)C2)c(C(N)=S)c(C)n1. The number of piperidine rings is 1. The van der Waals surface area contributed by atoms with Crippen LogP contribution < -0.4 is 10.6 Å². The highest BCUT2D eigenvalue weighted by molar-refractivity contribution is 7.80. The van der Waals surface area contributed by atoms with Crippen LogP contribution in [-0.2, 0) is 0 Å². The summed E-state index contributed by atoms with van der Waals surface area (Å²) in [5.74, 6) is 0.543. The molecule has 5 heteroatoms. The van der Waals surface area contributed by atoms with Crippen molar-refractivity contribution in [3.05, 3.63) is 23.0 Å². The number of thiocarbonyl (C=S) groups is 1. The first-order valence-corrected chi connectivity index (χ1v) is 7.57. The number of nitrogens with zero attached hydrogens (tertiary/aromatic N) is 2. The molecule has 1 aliphatic rings. The maximum atomic E-state index is 9.14. The van der Waals surface area contributed by atoms with E-state index in [2.05, 4.69) is 16.0 Å². The Morgan fingerprint density at radius 3 is 2.95 bits per heavy atom. The number of nitrogens with two attached hydrogens (primary N) is 1. The molecule has 4 nitrogen and oxygen atoms in total. The summed E-state index contributed by atoms with van der Waals surface area (Å²) in [5.41, 5.74) is 9.78. The van der Waals surface area contributed by atoms with Crippen LogP contribution in [0.25, 0.3) is 0 Å². The number of hydrogen-bond donors (Lipinski definition) is 2. The molecule has 1 aromatic heterocycles. The summed E-state index contributed by atoms with van der Waals surface area (Å²) in [6.45, 7) is 6.18. The van der Waals surface area contributed by atoms with E-state index in [4.69, 9.17) is 23.1 Å². The van der Waals surface area contributed by atoms with Crippen molar-refractivity contribution in [3.63, 3.8) is 0 Å². The third-order valence-corrected chi connectivity index (χ3v) is 4.16. The van der Waals surface area contributed by atoms with E-state index in [0.29, 0.717) is 10.9 Å². The van der Waals surface area contributed by atoms with Gasteiger partial charge in [-0.15, -0.1) is 0 Å². The van der Waals surface area contributed by atoms with Gasteiger partial charge in [0.1, 0.15) is 4.99 Å².